The Kier molecular flexibility index (Phi) is 2.73. The lowest BCUT2D eigenvalue weighted by Crippen LogP contribution is -2.58. The molecule has 0 aromatic carbocycles. The van der Waals surface area contributed by atoms with E-state index in [-0.39, 0.29) is 5.54 Å². The Bertz CT molecular complexity index is 337. The van der Waals surface area contributed by atoms with Gasteiger partial charge in [0.05, 0.1) is 5.69 Å². The summed E-state index contributed by atoms with van der Waals surface area (Å²) < 4.78 is 0. The zero-order valence-corrected chi connectivity index (χ0v) is 10.7. The molecule has 2 rings (SSSR count). The van der Waals surface area contributed by atoms with Crippen LogP contribution >= 0.6 is 11.3 Å². The van der Waals surface area contributed by atoms with Gasteiger partial charge in [0, 0.05) is 30.1 Å². The molecule has 0 atom stereocenters. The van der Waals surface area contributed by atoms with E-state index >= 15 is 0 Å². The van der Waals surface area contributed by atoms with Gasteiger partial charge in [0.25, 0.3) is 0 Å². The van der Waals surface area contributed by atoms with E-state index in [1.807, 2.05) is 11.3 Å². The average Bonchev–Trinajstić information content (AvgIpc) is 2.46. The number of nitrogens with zero attached hydrogens (tertiary/aromatic N) is 2. The van der Waals surface area contributed by atoms with Crippen LogP contribution in [0.2, 0.25) is 0 Å². The molecule has 4 heteroatoms. The minimum absolute atomic E-state index is 0.176. The van der Waals surface area contributed by atoms with Gasteiger partial charge in [-0.25, -0.2) is 4.98 Å². The maximum Gasteiger partial charge on any atom is 0.186 e. The van der Waals surface area contributed by atoms with Crippen molar-refractivity contribution < 1.29 is 0 Å². The minimum atomic E-state index is 0.176. The molecule has 1 fully saturated rings. The monoisotopic (exact) mass is 225 g/mol. The highest BCUT2D eigenvalue weighted by Gasteiger charge is 2.31. The quantitative estimate of drug-likeness (QED) is 0.792. The van der Waals surface area contributed by atoms with Crippen molar-refractivity contribution in [2.75, 3.05) is 24.5 Å². The van der Waals surface area contributed by atoms with Gasteiger partial charge in [0.1, 0.15) is 0 Å². The molecule has 0 aliphatic carbocycles. The van der Waals surface area contributed by atoms with Gasteiger partial charge in [-0.1, -0.05) is 0 Å². The smallest absolute Gasteiger partial charge is 0.186 e. The van der Waals surface area contributed by atoms with Crippen molar-refractivity contribution in [3.63, 3.8) is 0 Å². The van der Waals surface area contributed by atoms with Crippen LogP contribution in [0, 0.1) is 13.8 Å². The van der Waals surface area contributed by atoms with Crippen LogP contribution in [0.3, 0.4) is 0 Å². The van der Waals surface area contributed by atoms with E-state index in [9.17, 15) is 0 Å². The molecule has 1 aliphatic heterocycles. The topological polar surface area (TPSA) is 28.2 Å². The first-order valence-corrected chi connectivity index (χ1v) is 6.25. The van der Waals surface area contributed by atoms with Crippen molar-refractivity contribution >= 4 is 16.5 Å². The molecule has 0 amide bonds. The van der Waals surface area contributed by atoms with E-state index in [4.69, 9.17) is 0 Å². The van der Waals surface area contributed by atoms with Crippen LogP contribution in [-0.4, -0.2) is 30.2 Å². The summed E-state index contributed by atoms with van der Waals surface area (Å²) in [7, 11) is 0. The van der Waals surface area contributed by atoms with Gasteiger partial charge in [-0.05, 0) is 27.7 Å². The van der Waals surface area contributed by atoms with Crippen LogP contribution in [0.4, 0.5) is 5.13 Å². The fourth-order valence-electron chi connectivity index (χ4n) is 1.91. The zero-order chi connectivity index (χ0) is 11.1. The lowest BCUT2D eigenvalue weighted by atomic mass is 10.0. The van der Waals surface area contributed by atoms with Gasteiger partial charge >= 0.3 is 0 Å². The third kappa shape index (κ3) is 2.01. The number of aromatic nitrogens is 1. The number of rotatable bonds is 1. The van der Waals surface area contributed by atoms with Crippen LogP contribution in [0.25, 0.3) is 0 Å². The van der Waals surface area contributed by atoms with Gasteiger partial charge in [-0.2, -0.15) is 0 Å². The summed E-state index contributed by atoms with van der Waals surface area (Å²) in [6.45, 7) is 11.9. The maximum absolute atomic E-state index is 4.65. The SMILES string of the molecule is Cc1nc(N2CCNCC2(C)C)sc1C. The molecule has 2 heterocycles. The lowest BCUT2D eigenvalue weighted by Gasteiger charge is -2.42. The number of anilines is 1. The Labute approximate surface area is 95.5 Å². The molecule has 0 bridgehead atoms. The summed E-state index contributed by atoms with van der Waals surface area (Å²) in [5.74, 6) is 0. The Hall–Kier alpha value is -0.610. The number of thiazole rings is 1. The second kappa shape index (κ2) is 3.76. The molecule has 1 aromatic rings. The predicted molar refractivity (Wildman–Crippen MR) is 65.9 cm³/mol. The molecule has 1 N–H and O–H groups in total. The van der Waals surface area contributed by atoms with Gasteiger partial charge in [0.15, 0.2) is 5.13 Å². The van der Waals surface area contributed by atoms with Crippen molar-refractivity contribution in [1.29, 1.82) is 0 Å². The number of aryl methyl sites for hydroxylation is 2. The van der Waals surface area contributed by atoms with Crippen LogP contribution in [0.15, 0.2) is 0 Å². The van der Waals surface area contributed by atoms with Gasteiger partial charge in [0.2, 0.25) is 0 Å². The molecule has 1 aliphatic rings. The highest BCUT2D eigenvalue weighted by atomic mass is 32.1. The molecular formula is C11H19N3S. The normalized spacial score (nSPS) is 20.7. The van der Waals surface area contributed by atoms with Crippen molar-refractivity contribution in [2.45, 2.75) is 33.2 Å². The molecule has 0 spiro atoms. The van der Waals surface area contributed by atoms with Crippen molar-refractivity contribution in [3.05, 3.63) is 10.6 Å². The van der Waals surface area contributed by atoms with E-state index in [0.29, 0.717) is 0 Å². The zero-order valence-electron chi connectivity index (χ0n) is 9.92. The molecule has 0 unspecified atom stereocenters. The standard InChI is InChI=1S/C11H19N3S/c1-8-9(2)15-10(13-8)14-6-5-12-7-11(14,3)4/h12H,5-7H2,1-4H3. The second-order valence-corrected chi connectivity index (χ2v) is 5.96. The summed E-state index contributed by atoms with van der Waals surface area (Å²) in [5.41, 5.74) is 1.35. The van der Waals surface area contributed by atoms with E-state index in [1.54, 1.807) is 0 Å². The number of hydrogen-bond donors (Lipinski definition) is 1. The summed E-state index contributed by atoms with van der Waals surface area (Å²) in [6, 6.07) is 0. The van der Waals surface area contributed by atoms with Crippen molar-refractivity contribution in [3.8, 4) is 0 Å². The third-order valence-electron chi connectivity index (χ3n) is 3.05. The maximum atomic E-state index is 4.65. The first-order valence-electron chi connectivity index (χ1n) is 5.43. The number of piperazine rings is 1. The molecule has 0 saturated carbocycles. The lowest BCUT2D eigenvalue weighted by molar-refractivity contribution is 0.380. The fraction of sp³-hybridized carbons (Fsp3) is 0.727. The highest BCUT2D eigenvalue weighted by Crippen LogP contribution is 2.30. The Morgan fingerprint density at radius 3 is 2.67 bits per heavy atom. The van der Waals surface area contributed by atoms with Crippen LogP contribution < -0.4 is 10.2 Å². The predicted octanol–water partition coefficient (Wildman–Crippen LogP) is 1.95. The first kappa shape index (κ1) is 10.9. The van der Waals surface area contributed by atoms with Crippen molar-refractivity contribution in [1.82, 2.24) is 10.3 Å². The number of hydrogen-bond acceptors (Lipinski definition) is 4. The van der Waals surface area contributed by atoms with Crippen molar-refractivity contribution in [2.24, 2.45) is 0 Å². The largest absolute Gasteiger partial charge is 0.340 e. The van der Waals surface area contributed by atoms with E-state index < -0.39 is 0 Å². The Balaban J connectivity index is 2.28. The molecular weight excluding hydrogens is 206 g/mol. The molecule has 84 valence electrons. The minimum Gasteiger partial charge on any atom is -0.340 e. The van der Waals surface area contributed by atoms with Crippen LogP contribution in [0.5, 0.6) is 0 Å². The Morgan fingerprint density at radius 2 is 2.13 bits per heavy atom. The molecule has 15 heavy (non-hydrogen) atoms. The van der Waals surface area contributed by atoms with Gasteiger partial charge in [-0.3, -0.25) is 0 Å². The molecule has 1 aromatic heterocycles. The molecule has 1 saturated heterocycles. The van der Waals surface area contributed by atoms with E-state index in [1.165, 1.54) is 15.7 Å². The second-order valence-electron chi connectivity index (χ2n) is 4.78. The van der Waals surface area contributed by atoms with Gasteiger partial charge < -0.3 is 10.2 Å². The molecule has 3 nitrogen and oxygen atoms in total. The fourth-order valence-corrected chi connectivity index (χ4v) is 3.01. The average molecular weight is 225 g/mol. The van der Waals surface area contributed by atoms with E-state index in [0.717, 1.165) is 19.6 Å². The van der Waals surface area contributed by atoms with E-state index in [2.05, 4.69) is 42.9 Å². The third-order valence-corrected chi connectivity index (χ3v) is 4.14. The van der Waals surface area contributed by atoms with Gasteiger partial charge in [-0.15, -0.1) is 11.3 Å². The summed E-state index contributed by atoms with van der Waals surface area (Å²) in [6.07, 6.45) is 0. The summed E-state index contributed by atoms with van der Waals surface area (Å²) in [5, 5.41) is 4.61. The van der Waals surface area contributed by atoms with Crippen LogP contribution in [-0.2, 0) is 0 Å². The molecule has 0 radical (unpaired) electrons. The summed E-state index contributed by atoms with van der Waals surface area (Å²) in [4.78, 5) is 8.40. The number of nitrogens with one attached hydrogen (secondary N) is 1. The first-order chi connectivity index (χ1) is 7.00. The highest BCUT2D eigenvalue weighted by molar-refractivity contribution is 7.15. The Morgan fingerprint density at radius 1 is 1.40 bits per heavy atom. The summed E-state index contributed by atoms with van der Waals surface area (Å²) >= 11 is 1.81. The van der Waals surface area contributed by atoms with Crippen LogP contribution in [0.1, 0.15) is 24.4 Å².